The lowest BCUT2D eigenvalue weighted by Crippen LogP contribution is -2.41. The van der Waals surface area contributed by atoms with Crippen LogP contribution in [0.1, 0.15) is 75.7 Å². The van der Waals surface area contributed by atoms with Crippen LogP contribution in [0.15, 0.2) is 30.5 Å². The van der Waals surface area contributed by atoms with E-state index in [1.807, 2.05) is 30.5 Å². The van der Waals surface area contributed by atoms with E-state index in [0.717, 1.165) is 87.3 Å². The maximum absolute atomic E-state index is 12.9. The topological polar surface area (TPSA) is 99.6 Å². The van der Waals surface area contributed by atoms with Crippen molar-refractivity contribution in [2.45, 2.75) is 82.3 Å². The number of likely N-dealkylation sites (tertiary alicyclic amines) is 1. The molecule has 0 radical (unpaired) electrons. The first-order valence-corrected chi connectivity index (χ1v) is 13.6. The molecule has 2 saturated carbocycles. The second-order valence-corrected chi connectivity index (χ2v) is 10.6. The van der Waals surface area contributed by atoms with Crippen LogP contribution in [0.5, 0.6) is 5.75 Å². The number of ether oxygens (including phenoxy) is 1. The summed E-state index contributed by atoms with van der Waals surface area (Å²) in [5.74, 6) is 3.11. The number of amides is 1. The van der Waals surface area contributed by atoms with E-state index < -0.39 is 0 Å². The molecule has 3 fully saturated rings. The average molecular weight is 494 g/mol. The average Bonchev–Trinajstić information content (AvgIpc) is 3.45. The minimum Gasteiger partial charge on any atom is -0.497 e. The SMILES string of the molecule is COc1cccc(Nc2ncc(C3CCN(C(=O)C4CCCC4)CC3)c(N[C@H]3CC[C@H](O)CC3)n2)c1. The number of aromatic nitrogens is 2. The zero-order valence-corrected chi connectivity index (χ0v) is 21.3. The van der Waals surface area contributed by atoms with Gasteiger partial charge in [0, 0.05) is 48.6 Å². The zero-order valence-electron chi connectivity index (χ0n) is 21.3. The summed E-state index contributed by atoms with van der Waals surface area (Å²) in [6, 6.07) is 8.01. The van der Waals surface area contributed by atoms with Gasteiger partial charge in [0.25, 0.3) is 0 Å². The Bertz CT molecular complexity index is 1030. The number of hydrogen-bond acceptors (Lipinski definition) is 7. The molecule has 0 atom stereocenters. The number of carbonyl (C=O) groups excluding carboxylic acids is 1. The number of nitrogens with one attached hydrogen (secondary N) is 2. The Morgan fingerprint density at radius 3 is 2.53 bits per heavy atom. The van der Waals surface area contributed by atoms with Gasteiger partial charge in [-0.25, -0.2) is 4.98 Å². The molecule has 8 nitrogen and oxygen atoms in total. The lowest BCUT2D eigenvalue weighted by molar-refractivity contribution is -0.136. The van der Waals surface area contributed by atoms with Gasteiger partial charge in [-0.15, -0.1) is 0 Å². The van der Waals surface area contributed by atoms with Gasteiger partial charge in [0.15, 0.2) is 0 Å². The van der Waals surface area contributed by atoms with Crippen LogP contribution in [0, 0.1) is 5.92 Å². The fourth-order valence-corrected chi connectivity index (χ4v) is 5.95. The second kappa shape index (κ2) is 11.5. The van der Waals surface area contributed by atoms with Crippen LogP contribution in [-0.4, -0.2) is 58.2 Å². The number of nitrogens with zero attached hydrogens (tertiary/aromatic N) is 3. The molecule has 1 saturated heterocycles. The number of aliphatic hydroxyl groups is 1. The Hall–Kier alpha value is -2.87. The van der Waals surface area contributed by atoms with E-state index in [9.17, 15) is 9.90 Å². The highest BCUT2D eigenvalue weighted by Gasteiger charge is 2.32. The summed E-state index contributed by atoms with van der Waals surface area (Å²) in [6.45, 7) is 1.61. The van der Waals surface area contributed by atoms with Gasteiger partial charge in [0.1, 0.15) is 11.6 Å². The van der Waals surface area contributed by atoms with E-state index in [-0.39, 0.29) is 18.1 Å². The third-order valence-corrected chi connectivity index (χ3v) is 8.13. The Kier molecular flexibility index (Phi) is 7.90. The molecule has 194 valence electrons. The number of benzene rings is 1. The molecule has 2 aromatic rings. The van der Waals surface area contributed by atoms with Crippen LogP contribution in [0.2, 0.25) is 0 Å². The molecule has 5 rings (SSSR count). The molecule has 2 heterocycles. The summed E-state index contributed by atoms with van der Waals surface area (Å²) in [6.07, 6.45) is 11.6. The molecule has 1 aliphatic heterocycles. The predicted molar refractivity (Wildman–Crippen MR) is 141 cm³/mol. The number of rotatable bonds is 7. The Balaban J connectivity index is 1.31. The first kappa shape index (κ1) is 24.8. The van der Waals surface area contributed by atoms with Crippen LogP contribution in [0.25, 0.3) is 0 Å². The van der Waals surface area contributed by atoms with Crippen molar-refractivity contribution in [3.63, 3.8) is 0 Å². The van der Waals surface area contributed by atoms with Crippen molar-refractivity contribution < 1.29 is 14.6 Å². The van der Waals surface area contributed by atoms with Crippen molar-refractivity contribution in [2.75, 3.05) is 30.8 Å². The van der Waals surface area contributed by atoms with Gasteiger partial charge in [0.05, 0.1) is 13.2 Å². The van der Waals surface area contributed by atoms with Crippen LogP contribution >= 0.6 is 0 Å². The monoisotopic (exact) mass is 493 g/mol. The van der Waals surface area contributed by atoms with Crippen LogP contribution in [0.4, 0.5) is 17.5 Å². The number of anilines is 3. The molecular weight excluding hydrogens is 454 g/mol. The second-order valence-electron chi connectivity index (χ2n) is 10.6. The van der Waals surface area contributed by atoms with Crippen LogP contribution in [0.3, 0.4) is 0 Å². The summed E-state index contributed by atoms with van der Waals surface area (Å²) in [5.41, 5.74) is 2.00. The maximum atomic E-state index is 12.9. The Labute approximate surface area is 213 Å². The maximum Gasteiger partial charge on any atom is 0.229 e. The van der Waals surface area contributed by atoms with E-state index in [4.69, 9.17) is 9.72 Å². The first-order chi connectivity index (χ1) is 17.6. The lowest BCUT2D eigenvalue weighted by Gasteiger charge is -2.35. The van der Waals surface area contributed by atoms with Gasteiger partial charge >= 0.3 is 0 Å². The Morgan fingerprint density at radius 2 is 1.81 bits per heavy atom. The highest BCUT2D eigenvalue weighted by atomic mass is 16.5. The molecular formula is C28H39N5O3. The number of carbonyl (C=O) groups is 1. The normalized spacial score (nSPS) is 23.4. The highest BCUT2D eigenvalue weighted by molar-refractivity contribution is 5.79. The van der Waals surface area contributed by atoms with Crippen LogP contribution in [-0.2, 0) is 4.79 Å². The van der Waals surface area contributed by atoms with Crippen molar-refractivity contribution >= 4 is 23.4 Å². The Morgan fingerprint density at radius 1 is 1.06 bits per heavy atom. The van der Waals surface area contributed by atoms with Crippen LogP contribution < -0.4 is 15.4 Å². The minimum atomic E-state index is -0.194. The van der Waals surface area contributed by atoms with Gasteiger partial charge in [-0.2, -0.15) is 4.98 Å². The van der Waals surface area contributed by atoms with Gasteiger partial charge in [-0.05, 0) is 69.4 Å². The summed E-state index contributed by atoms with van der Waals surface area (Å²) in [7, 11) is 1.65. The third kappa shape index (κ3) is 5.91. The molecule has 1 aromatic heterocycles. The van der Waals surface area contributed by atoms with E-state index in [2.05, 4.69) is 20.5 Å². The van der Waals surface area contributed by atoms with Crippen molar-refractivity contribution in [1.82, 2.24) is 14.9 Å². The fraction of sp³-hybridized carbons (Fsp3) is 0.607. The largest absolute Gasteiger partial charge is 0.497 e. The summed E-state index contributed by atoms with van der Waals surface area (Å²) in [5, 5.41) is 16.9. The number of methoxy groups -OCH3 is 1. The van der Waals surface area contributed by atoms with E-state index >= 15 is 0 Å². The molecule has 0 bridgehead atoms. The first-order valence-electron chi connectivity index (χ1n) is 13.6. The number of hydrogen-bond donors (Lipinski definition) is 3. The highest BCUT2D eigenvalue weighted by Crippen LogP contribution is 2.35. The van der Waals surface area contributed by atoms with Gasteiger partial charge < -0.3 is 25.4 Å². The van der Waals surface area contributed by atoms with Crippen molar-refractivity contribution in [3.8, 4) is 5.75 Å². The van der Waals surface area contributed by atoms with Crippen molar-refractivity contribution in [3.05, 3.63) is 36.0 Å². The molecule has 0 unspecified atom stereocenters. The van der Waals surface area contributed by atoms with E-state index in [1.54, 1.807) is 7.11 Å². The molecule has 3 N–H and O–H groups in total. The summed E-state index contributed by atoms with van der Waals surface area (Å²) >= 11 is 0. The lowest BCUT2D eigenvalue weighted by atomic mass is 9.89. The van der Waals surface area contributed by atoms with Crippen molar-refractivity contribution in [2.24, 2.45) is 5.92 Å². The summed E-state index contributed by atoms with van der Waals surface area (Å²) < 4.78 is 5.34. The smallest absolute Gasteiger partial charge is 0.229 e. The third-order valence-electron chi connectivity index (χ3n) is 8.13. The van der Waals surface area contributed by atoms with Gasteiger partial charge in [0.2, 0.25) is 11.9 Å². The van der Waals surface area contributed by atoms with E-state index in [1.165, 1.54) is 12.8 Å². The molecule has 1 amide bonds. The quantitative estimate of drug-likeness (QED) is 0.507. The minimum absolute atomic E-state index is 0.194. The molecule has 3 aliphatic rings. The van der Waals surface area contributed by atoms with Gasteiger partial charge in [-0.3, -0.25) is 4.79 Å². The molecule has 36 heavy (non-hydrogen) atoms. The summed E-state index contributed by atoms with van der Waals surface area (Å²) in [4.78, 5) is 24.6. The number of aliphatic hydroxyl groups excluding tert-OH is 1. The molecule has 0 spiro atoms. The van der Waals surface area contributed by atoms with E-state index in [0.29, 0.717) is 17.8 Å². The van der Waals surface area contributed by atoms with Crippen molar-refractivity contribution in [1.29, 1.82) is 0 Å². The molecule has 8 heteroatoms. The number of piperidine rings is 1. The molecule has 2 aliphatic carbocycles. The predicted octanol–water partition coefficient (Wildman–Crippen LogP) is 4.84. The fourth-order valence-electron chi connectivity index (χ4n) is 5.95. The van der Waals surface area contributed by atoms with Gasteiger partial charge in [-0.1, -0.05) is 18.9 Å². The standard InChI is InChI=1S/C28H39N5O3/c1-36-24-8-4-7-22(17-24)31-28-29-18-25(26(32-28)30-21-9-11-23(34)12-10-21)19-13-15-33(16-14-19)27(35)20-5-2-3-6-20/h4,7-8,17-21,23,34H,2-3,5-6,9-16H2,1H3,(H2,29,30,31,32)/t21-,23-. The zero-order chi connectivity index (χ0) is 24.9. The molecule has 1 aromatic carbocycles.